The van der Waals surface area contributed by atoms with Gasteiger partial charge in [-0.25, -0.2) is 9.18 Å². The number of ketones is 1. The van der Waals surface area contributed by atoms with Crippen molar-refractivity contribution in [3.05, 3.63) is 73.2 Å². The Morgan fingerprint density at radius 1 is 1.31 bits per heavy atom. The molecule has 1 aromatic carbocycles. The number of hydrogen-bond donors (Lipinski definition) is 1. The molecule has 0 amide bonds. The second-order valence-electron chi connectivity index (χ2n) is 9.40. The Kier molecular flexibility index (Phi) is 6.97. The van der Waals surface area contributed by atoms with Crippen molar-refractivity contribution in [2.75, 3.05) is 6.61 Å². The fourth-order valence-corrected chi connectivity index (χ4v) is 5.83. The third kappa shape index (κ3) is 5.09. The third-order valence-corrected chi connectivity index (χ3v) is 7.50. The topological polar surface area (TPSA) is 87.9 Å². The second-order valence-corrected chi connectivity index (χ2v) is 11.1. The fourth-order valence-electron chi connectivity index (χ4n) is 4.46. The van der Waals surface area contributed by atoms with Crippen LogP contribution in [-0.2, 0) is 25.7 Å². The SMILES string of the molecule is CCOC(=O)C1=C(N)OC2=C(C(=O)CC(C)(C)C2)[C@@H]1c1cc(COc2ccc(F)cc2Cl)c(C)s1. The Bertz CT molecular complexity index is 1260. The summed E-state index contributed by atoms with van der Waals surface area (Å²) in [7, 11) is 0. The van der Waals surface area contributed by atoms with E-state index in [-0.39, 0.29) is 40.9 Å². The van der Waals surface area contributed by atoms with Crippen LogP contribution in [0.5, 0.6) is 5.75 Å². The molecule has 6 nitrogen and oxygen atoms in total. The van der Waals surface area contributed by atoms with Crippen molar-refractivity contribution in [3.63, 3.8) is 0 Å². The van der Waals surface area contributed by atoms with Gasteiger partial charge in [0.2, 0.25) is 5.88 Å². The number of Topliss-reactive ketones (excluding diaryl/α,β-unsaturated/α-hetero) is 1. The Morgan fingerprint density at radius 3 is 2.74 bits per heavy atom. The number of carbonyl (C=O) groups excluding carboxylic acids is 2. The van der Waals surface area contributed by atoms with Crippen molar-refractivity contribution in [3.8, 4) is 5.75 Å². The van der Waals surface area contributed by atoms with Gasteiger partial charge in [0.1, 0.15) is 29.5 Å². The maximum absolute atomic E-state index is 13.4. The lowest BCUT2D eigenvalue weighted by atomic mass is 9.71. The minimum atomic E-state index is -0.687. The number of nitrogens with two attached hydrogens (primary N) is 1. The Balaban J connectivity index is 1.73. The van der Waals surface area contributed by atoms with Gasteiger partial charge in [0.15, 0.2) is 5.78 Å². The van der Waals surface area contributed by atoms with E-state index < -0.39 is 17.7 Å². The zero-order valence-electron chi connectivity index (χ0n) is 20.0. The van der Waals surface area contributed by atoms with Gasteiger partial charge in [-0.15, -0.1) is 11.3 Å². The molecule has 0 fully saturated rings. The average molecular weight is 520 g/mol. The van der Waals surface area contributed by atoms with Crippen LogP contribution in [0.25, 0.3) is 0 Å². The number of rotatable bonds is 6. The molecule has 0 unspecified atom stereocenters. The molecule has 35 heavy (non-hydrogen) atoms. The van der Waals surface area contributed by atoms with Crippen molar-refractivity contribution in [2.45, 2.75) is 53.1 Å². The first-order valence-corrected chi connectivity index (χ1v) is 12.5. The van der Waals surface area contributed by atoms with Crippen LogP contribution in [-0.4, -0.2) is 18.4 Å². The second kappa shape index (κ2) is 9.66. The molecule has 1 aliphatic carbocycles. The van der Waals surface area contributed by atoms with Gasteiger partial charge in [-0.05, 0) is 43.5 Å². The highest BCUT2D eigenvalue weighted by Gasteiger charge is 2.45. The Labute approximate surface area is 212 Å². The maximum atomic E-state index is 13.4. The van der Waals surface area contributed by atoms with E-state index in [0.29, 0.717) is 29.9 Å². The first-order chi connectivity index (χ1) is 16.5. The van der Waals surface area contributed by atoms with Crippen LogP contribution in [0.2, 0.25) is 5.02 Å². The van der Waals surface area contributed by atoms with E-state index in [0.717, 1.165) is 15.3 Å². The van der Waals surface area contributed by atoms with E-state index in [1.165, 1.54) is 29.5 Å². The van der Waals surface area contributed by atoms with Gasteiger partial charge in [-0.2, -0.15) is 0 Å². The minimum Gasteiger partial charge on any atom is -0.487 e. The van der Waals surface area contributed by atoms with Gasteiger partial charge in [-0.3, -0.25) is 4.79 Å². The highest BCUT2D eigenvalue weighted by Crippen LogP contribution is 2.50. The molecule has 2 N–H and O–H groups in total. The maximum Gasteiger partial charge on any atom is 0.340 e. The van der Waals surface area contributed by atoms with Gasteiger partial charge < -0.3 is 19.9 Å². The highest BCUT2D eigenvalue weighted by atomic mass is 35.5. The van der Waals surface area contributed by atoms with E-state index in [9.17, 15) is 14.0 Å². The molecule has 1 atom stereocenters. The predicted molar refractivity (Wildman–Crippen MR) is 132 cm³/mol. The number of thiophene rings is 1. The molecule has 4 rings (SSSR count). The average Bonchev–Trinajstić information content (AvgIpc) is 3.11. The van der Waals surface area contributed by atoms with Gasteiger partial charge >= 0.3 is 5.97 Å². The number of ether oxygens (including phenoxy) is 3. The monoisotopic (exact) mass is 519 g/mol. The molecular formula is C26H27ClFNO5S. The van der Waals surface area contributed by atoms with Crippen LogP contribution in [0.1, 0.15) is 54.8 Å². The summed E-state index contributed by atoms with van der Waals surface area (Å²) >= 11 is 7.54. The summed E-state index contributed by atoms with van der Waals surface area (Å²) in [6.07, 6.45) is 0.871. The summed E-state index contributed by atoms with van der Waals surface area (Å²) in [5.41, 5.74) is 7.40. The summed E-state index contributed by atoms with van der Waals surface area (Å²) in [5.74, 6) is -0.997. The number of aryl methyl sites for hydroxylation is 1. The predicted octanol–water partition coefficient (Wildman–Crippen LogP) is 5.92. The first kappa shape index (κ1) is 25.3. The van der Waals surface area contributed by atoms with Gasteiger partial charge in [0.05, 0.1) is 17.5 Å². The van der Waals surface area contributed by atoms with Crippen molar-refractivity contribution < 1.29 is 28.2 Å². The molecule has 2 aromatic rings. The molecule has 0 bridgehead atoms. The molecule has 0 spiro atoms. The molecular weight excluding hydrogens is 493 g/mol. The zero-order chi connectivity index (χ0) is 25.5. The zero-order valence-corrected chi connectivity index (χ0v) is 21.6. The summed E-state index contributed by atoms with van der Waals surface area (Å²) in [6.45, 7) is 7.97. The Morgan fingerprint density at radius 2 is 2.06 bits per heavy atom. The van der Waals surface area contributed by atoms with Crippen molar-refractivity contribution in [1.29, 1.82) is 0 Å². The van der Waals surface area contributed by atoms with E-state index in [1.807, 2.05) is 26.8 Å². The van der Waals surface area contributed by atoms with Gasteiger partial charge in [0, 0.05) is 33.7 Å². The lowest BCUT2D eigenvalue weighted by molar-refractivity contribution is -0.139. The summed E-state index contributed by atoms with van der Waals surface area (Å²) in [5, 5.41) is 0.174. The number of carbonyl (C=O) groups is 2. The van der Waals surface area contributed by atoms with Crippen LogP contribution in [0.4, 0.5) is 4.39 Å². The summed E-state index contributed by atoms with van der Waals surface area (Å²) < 4.78 is 30.3. The van der Waals surface area contributed by atoms with Gasteiger partial charge in [-0.1, -0.05) is 25.4 Å². The fraction of sp³-hybridized carbons (Fsp3) is 0.385. The van der Waals surface area contributed by atoms with Crippen LogP contribution in [0, 0.1) is 18.2 Å². The van der Waals surface area contributed by atoms with Crippen LogP contribution < -0.4 is 10.5 Å². The first-order valence-electron chi connectivity index (χ1n) is 11.3. The van der Waals surface area contributed by atoms with Crippen molar-refractivity contribution in [1.82, 2.24) is 0 Å². The minimum absolute atomic E-state index is 0.0420. The van der Waals surface area contributed by atoms with E-state index in [1.54, 1.807) is 6.92 Å². The molecule has 1 aliphatic heterocycles. The van der Waals surface area contributed by atoms with Gasteiger partial charge in [0.25, 0.3) is 0 Å². The Hall–Kier alpha value is -2.84. The number of allylic oxidation sites excluding steroid dienone is 2. The van der Waals surface area contributed by atoms with E-state index in [2.05, 4.69) is 0 Å². The number of hydrogen-bond acceptors (Lipinski definition) is 7. The molecule has 9 heteroatoms. The van der Waals surface area contributed by atoms with Crippen LogP contribution in [0.3, 0.4) is 0 Å². The molecule has 2 aliphatic rings. The number of benzene rings is 1. The molecule has 0 radical (unpaired) electrons. The molecule has 2 heterocycles. The normalized spacial score (nSPS) is 19.4. The smallest absolute Gasteiger partial charge is 0.340 e. The summed E-state index contributed by atoms with van der Waals surface area (Å²) in [4.78, 5) is 27.9. The highest BCUT2D eigenvalue weighted by molar-refractivity contribution is 7.12. The van der Waals surface area contributed by atoms with Crippen molar-refractivity contribution >= 4 is 34.7 Å². The largest absolute Gasteiger partial charge is 0.487 e. The lowest BCUT2D eigenvalue weighted by Crippen LogP contribution is -2.35. The number of halogens is 2. The number of esters is 1. The standard InChI is InChI=1S/C26H27ClFNO5S/c1-5-32-25(31)23-22(21-17(30)10-26(3,4)11-19(21)34-24(23)29)20-8-14(13(2)35-20)12-33-18-7-6-15(28)9-16(18)27/h6-9,22H,5,10-12,29H2,1-4H3/t22-/m0/s1. The van der Waals surface area contributed by atoms with Crippen LogP contribution in [0.15, 0.2) is 47.1 Å². The lowest BCUT2D eigenvalue weighted by Gasteiger charge is -2.37. The van der Waals surface area contributed by atoms with E-state index >= 15 is 0 Å². The van der Waals surface area contributed by atoms with Crippen molar-refractivity contribution in [2.24, 2.45) is 11.1 Å². The quantitative estimate of drug-likeness (QED) is 0.477. The molecule has 0 saturated carbocycles. The molecule has 0 saturated heterocycles. The molecule has 186 valence electrons. The van der Waals surface area contributed by atoms with Crippen LogP contribution >= 0.6 is 22.9 Å². The van der Waals surface area contributed by atoms with E-state index in [4.69, 9.17) is 31.5 Å². The summed E-state index contributed by atoms with van der Waals surface area (Å²) in [6, 6.07) is 5.84. The third-order valence-electron chi connectivity index (χ3n) is 6.05. The molecule has 1 aromatic heterocycles.